The van der Waals surface area contributed by atoms with Crippen LogP contribution in [0.2, 0.25) is 0 Å². The van der Waals surface area contributed by atoms with Gasteiger partial charge in [-0.2, -0.15) is 8.78 Å². The lowest BCUT2D eigenvalue weighted by molar-refractivity contribution is -0.384. The van der Waals surface area contributed by atoms with E-state index in [2.05, 4.69) is 4.90 Å². The first-order chi connectivity index (χ1) is 13.0. The van der Waals surface area contributed by atoms with Gasteiger partial charge >= 0.3 is 6.61 Å². The number of methoxy groups -OCH3 is 1. The van der Waals surface area contributed by atoms with Gasteiger partial charge in [-0.25, -0.2) is 0 Å². The van der Waals surface area contributed by atoms with Crippen molar-refractivity contribution in [2.24, 2.45) is 0 Å². The average molecular weight is 378 g/mol. The summed E-state index contributed by atoms with van der Waals surface area (Å²) in [6.07, 6.45) is 2.06. The highest BCUT2D eigenvalue weighted by atomic mass is 19.3. The molecule has 144 valence electrons. The molecule has 0 aliphatic heterocycles. The monoisotopic (exact) mass is 378 g/mol. The molecule has 8 heteroatoms. The molecule has 0 amide bonds. The first-order valence-electron chi connectivity index (χ1n) is 8.56. The third kappa shape index (κ3) is 4.91. The fourth-order valence-corrected chi connectivity index (χ4v) is 3.00. The molecule has 1 fully saturated rings. The van der Waals surface area contributed by atoms with Crippen LogP contribution in [0.1, 0.15) is 24.0 Å². The number of halogens is 2. The molecule has 0 saturated heterocycles. The minimum atomic E-state index is -2.94. The molecule has 6 nitrogen and oxygen atoms in total. The van der Waals surface area contributed by atoms with Crippen LogP contribution >= 0.6 is 0 Å². The number of nitrogens with zero attached hydrogens (tertiary/aromatic N) is 2. The van der Waals surface area contributed by atoms with Crippen LogP contribution in [-0.2, 0) is 13.1 Å². The molecule has 0 spiro atoms. The van der Waals surface area contributed by atoms with Gasteiger partial charge < -0.3 is 9.47 Å². The lowest BCUT2D eigenvalue weighted by Gasteiger charge is -2.24. The van der Waals surface area contributed by atoms with E-state index in [0.717, 1.165) is 18.4 Å². The normalized spacial score (nSPS) is 13.8. The van der Waals surface area contributed by atoms with Crippen molar-refractivity contribution in [2.75, 3.05) is 7.11 Å². The van der Waals surface area contributed by atoms with Crippen LogP contribution in [0, 0.1) is 10.1 Å². The molecule has 1 saturated carbocycles. The Morgan fingerprint density at radius 1 is 1.19 bits per heavy atom. The molecule has 0 radical (unpaired) electrons. The van der Waals surface area contributed by atoms with E-state index in [0.29, 0.717) is 24.7 Å². The maximum atomic E-state index is 12.8. The van der Waals surface area contributed by atoms with Gasteiger partial charge in [0.2, 0.25) is 0 Å². The summed E-state index contributed by atoms with van der Waals surface area (Å²) in [6, 6.07) is 11.8. The Balaban J connectivity index is 1.80. The Hall–Kier alpha value is -2.74. The molecule has 0 heterocycles. The number of ether oxygens (including phenoxy) is 2. The van der Waals surface area contributed by atoms with Crippen molar-refractivity contribution in [3.05, 3.63) is 63.7 Å². The van der Waals surface area contributed by atoms with E-state index in [1.54, 1.807) is 30.3 Å². The van der Waals surface area contributed by atoms with Crippen molar-refractivity contribution in [1.82, 2.24) is 4.90 Å². The molecule has 0 aromatic heterocycles. The second-order valence-electron chi connectivity index (χ2n) is 6.39. The highest BCUT2D eigenvalue weighted by Crippen LogP contribution is 2.36. The SMILES string of the molecule is COc1cccc(CN(Cc2ccc([N+](=O)[O-])cc2)C2CC2)c1OC(F)F. The number of rotatable bonds is 9. The minimum absolute atomic E-state index is 0.0390. The summed E-state index contributed by atoms with van der Waals surface area (Å²) in [6.45, 7) is -1.96. The number of non-ortho nitro benzene ring substituents is 1. The van der Waals surface area contributed by atoms with Gasteiger partial charge in [0.15, 0.2) is 11.5 Å². The smallest absolute Gasteiger partial charge is 0.387 e. The van der Waals surface area contributed by atoms with Crippen molar-refractivity contribution in [2.45, 2.75) is 38.6 Å². The summed E-state index contributed by atoms with van der Waals surface area (Å²) in [7, 11) is 1.41. The van der Waals surface area contributed by atoms with Gasteiger partial charge in [-0.05, 0) is 24.5 Å². The lowest BCUT2D eigenvalue weighted by atomic mass is 10.1. The minimum Gasteiger partial charge on any atom is -0.493 e. The average Bonchev–Trinajstić information content (AvgIpc) is 3.47. The number of hydrogen-bond donors (Lipinski definition) is 0. The molecular weight excluding hydrogens is 358 g/mol. The van der Waals surface area contributed by atoms with Crippen LogP contribution < -0.4 is 9.47 Å². The van der Waals surface area contributed by atoms with Crippen LogP contribution in [-0.4, -0.2) is 29.6 Å². The molecule has 0 atom stereocenters. The highest BCUT2D eigenvalue weighted by Gasteiger charge is 2.30. The molecule has 0 bridgehead atoms. The largest absolute Gasteiger partial charge is 0.493 e. The van der Waals surface area contributed by atoms with Crippen molar-refractivity contribution in [1.29, 1.82) is 0 Å². The maximum Gasteiger partial charge on any atom is 0.387 e. The van der Waals surface area contributed by atoms with Crippen molar-refractivity contribution < 1.29 is 23.2 Å². The van der Waals surface area contributed by atoms with Crippen LogP contribution in [0.5, 0.6) is 11.5 Å². The summed E-state index contributed by atoms with van der Waals surface area (Å²) < 4.78 is 35.5. The number of nitro groups is 1. The molecule has 2 aromatic carbocycles. The summed E-state index contributed by atoms with van der Waals surface area (Å²) >= 11 is 0. The van der Waals surface area contributed by atoms with Gasteiger partial charge in [-0.3, -0.25) is 15.0 Å². The van der Waals surface area contributed by atoms with Crippen LogP contribution in [0.4, 0.5) is 14.5 Å². The Kier molecular flexibility index (Phi) is 5.85. The Labute approximate surface area is 155 Å². The zero-order chi connectivity index (χ0) is 19.4. The van der Waals surface area contributed by atoms with Gasteiger partial charge in [0, 0.05) is 36.8 Å². The van der Waals surface area contributed by atoms with Gasteiger partial charge in [-0.1, -0.05) is 24.3 Å². The number of alkyl halides is 2. The van der Waals surface area contributed by atoms with Crippen LogP contribution in [0.15, 0.2) is 42.5 Å². The fourth-order valence-electron chi connectivity index (χ4n) is 3.00. The van der Waals surface area contributed by atoms with E-state index in [4.69, 9.17) is 9.47 Å². The Bertz CT molecular complexity index is 795. The summed E-state index contributed by atoms with van der Waals surface area (Å²) in [4.78, 5) is 12.5. The molecular formula is C19H20F2N2O4. The number of nitro benzene ring substituents is 1. The summed E-state index contributed by atoms with van der Waals surface area (Å²) in [5.74, 6) is 0.309. The first kappa shape index (κ1) is 19.0. The van der Waals surface area contributed by atoms with Gasteiger partial charge in [-0.15, -0.1) is 0 Å². The van der Waals surface area contributed by atoms with E-state index in [-0.39, 0.29) is 17.2 Å². The van der Waals surface area contributed by atoms with Crippen LogP contribution in [0.25, 0.3) is 0 Å². The zero-order valence-corrected chi connectivity index (χ0v) is 14.8. The maximum absolute atomic E-state index is 12.8. The topological polar surface area (TPSA) is 64.8 Å². The Morgan fingerprint density at radius 2 is 1.89 bits per heavy atom. The second-order valence-corrected chi connectivity index (χ2v) is 6.39. The predicted octanol–water partition coefficient (Wildman–Crippen LogP) is 4.37. The quantitative estimate of drug-likeness (QED) is 0.479. The lowest BCUT2D eigenvalue weighted by Crippen LogP contribution is -2.25. The molecule has 0 unspecified atom stereocenters. The predicted molar refractivity (Wildman–Crippen MR) is 95.0 cm³/mol. The van der Waals surface area contributed by atoms with Crippen molar-refractivity contribution in [3.63, 3.8) is 0 Å². The molecule has 3 rings (SSSR count). The van der Waals surface area contributed by atoms with E-state index >= 15 is 0 Å². The number of hydrogen-bond acceptors (Lipinski definition) is 5. The molecule has 1 aliphatic rings. The first-order valence-corrected chi connectivity index (χ1v) is 8.56. The van der Waals surface area contributed by atoms with Gasteiger partial charge in [0.05, 0.1) is 12.0 Å². The van der Waals surface area contributed by atoms with Crippen molar-refractivity contribution in [3.8, 4) is 11.5 Å². The van der Waals surface area contributed by atoms with Gasteiger partial charge in [0.25, 0.3) is 5.69 Å². The standard InChI is InChI=1S/C19H20F2N2O4/c1-26-17-4-2-3-14(18(17)27-19(20)21)12-22(15-9-10-15)11-13-5-7-16(8-6-13)23(24)25/h2-8,15,19H,9-12H2,1H3. The van der Waals surface area contributed by atoms with E-state index in [9.17, 15) is 18.9 Å². The van der Waals surface area contributed by atoms with Gasteiger partial charge in [0.1, 0.15) is 0 Å². The third-order valence-corrected chi connectivity index (χ3v) is 4.46. The van der Waals surface area contributed by atoms with E-state index in [1.807, 2.05) is 0 Å². The highest BCUT2D eigenvalue weighted by molar-refractivity contribution is 5.46. The Morgan fingerprint density at radius 3 is 2.44 bits per heavy atom. The molecule has 1 aliphatic carbocycles. The third-order valence-electron chi connectivity index (χ3n) is 4.46. The number of para-hydroxylation sites is 1. The zero-order valence-electron chi connectivity index (χ0n) is 14.8. The number of benzene rings is 2. The van der Waals surface area contributed by atoms with Crippen molar-refractivity contribution >= 4 is 5.69 Å². The molecule has 27 heavy (non-hydrogen) atoms. The molecule has 0 N–H and O–H groups in total. The van der Waals surface area contributed by atoms with E-state index < -0.39 is 11.5 Å². The van der Waals surface area contributed by atoms with E-state index in [1.165, 1.54) is 19.2 Å². The summed E-state index contributed by atoms with van der Waals surface area (Å²) in [5.41, 5.74) is 1.58. The summed E-state index contributed by atoms with van der Waals surface area (Å²) in [5, 5.41) is 10.8. The second kappa shape index (κ2) is 8.30. The fraction of sp³-hybridized carbons (Fsp3) is 0.368. The van der Waals surface area contributed by atoms with Crippen LogP contribution in [0.3, 0.4) is 0 Å². The molecule has 2 aromatic rings.